The summed E-state index contributed by atoms with van der Waals surface area (Å²) in [5.41, 5.74) is 0. The van der Waals surface area contributed by atoms with Gasteiger partial charge < -0.3 is 9.47 Å². The number of ether oxygens (including phenoxy) is 2. The highest BCUT2D eigenvalue weighted by Crippen LogP contribution is 2.30. The lowest BCUT2D eigenvalue weighted by molar-refractivity contribution is -0.217. The van der Waals surface area contributed by atoms with E-state index in [4.69, 9.17) is 0 Å². The molecule has 0 radical (unpaired) electrons. The minimum atomic E-state index is -5.16. The van der Waals surface area contributed by atoms with Crippen LogP contribution in [0.15, 0.2) is 0 Å². The Balaban J connectivity index is 2.83. The predicted molar refractivity (Wildman–Crippen MR) is 50.0 cm³/mol. The van der Waals surface area contributed by atoms with Gasteiger partial charge in [0.05, 0.1) is 0 Å². The number of alkyl halides is 3. The molecule has 0 aromatic rings. The first-order valence-electron chi connectivity index (χ1n) is 5.21. The lowest BCUT2D eigenvalue weighted by Gasteiger charge is -2.32. The molecule has 0 amide bonds. The zero-order valence-corrected chi connectivity index (χ0v) is 9.61. The second kappa shape index (κ2) is 4.95. The lowest BCUT2D eigenvalue weighted by atomic mass is 9.88. The van der Waals surface area contributed by atoms with Crippen LogP contribution >= 0.6 is 0 Å². The number of rotatable bonds is 4. The van der Waals surface area contributed by atoms with Crippen molar-refractivity contribution in [3.63, 3.8) is 0 Å². The van der Waals surface area contributed by atoms with Crippen molar-refractivity contribution in [2.45, 2.75) is 32.5 Å². The summed E-state index contributed by atoms with van der Waals surface area (Å²) in [6.07, 6.45) is -6.27. The van der Waals surface area contributed by atoms with Crippen molar-refractivity contribution >= 4 is 17.9 Å². The zero-order valence-electron chi connectivity index (χ0n) is 9.61. The van der Waals surface area contributed by atoms with Crippen molar-refractivity contribution in [2.75, 3.05) is 0 Å². The van der Waals surface area contributed by atoms with E-state index in [-0.39, 0.29) is 0 Å². The molecule has 1 heterocycles. The van der Waals surface area contributed by atoms with Crippen molar-refractivity contribution < 1.29 is 37.0 Å². The Kier molecular flexibility index (Phi) is 3.98. The molecule has 2 atom stereocenters. The number of hydrogen-bond acceptors (Lipinski definition) is 5. The van der Waals surface area contributed by atoms with Gasteiger partial charge in [0.15, 0.2) is 5.92 Å². The van der Waals surface area contributed by atoms with E-state index in [2.05, 4.69) is 9.47 Å². The molecular weight excluding hydrogens is 257 g/mol. The molecule has 0 aromatic heterocycles. The Bertz CT molecular complexity index is 362. The van der Waals surface area contributed by atoms with Crippen LogP contribution in [0.4, 0.5) is 13.2 Å². The highest BCUT2D eigenvalue weighted by Gasteiger charge is 2.53. The fraction of sp³-hybridized carbons (Fsp3) is 0.700. The Morgan fingerprint density at radius 1 is 1.39 bits per heavy atom. The van der Waals surface area contributed by atoms with Crippen LogP contribution in [0.3, 0.4) is 0 Å². The minimum absolute atomic E-state index is 0.340. The highest BCUT2D eigenvalue weighted by atomic mass is 19.4. The monoisotopic (exact) mass is 268 g/mol. The normalized spacial score (nSPS) is 19.8. The molecule has 1 rings (SSSR count). The summed E-state index contributed by atoms with van der Waals surface area (Å²) < 4.78 is 44.5. The highest BCUT2D eigenvalue weighted by molar-refractivity contribution is 6.10. The number of carbonyl (C=O) groups is 3. The average Bonchev–Trinajstić information content (AvgIpc) is 2.25. The number of esters is 3. The van der Waals surface area contributed by atoms with Crippen molar-refractivity contribution in [1.82, 2.24) is 0 Å². The number of carbonyl (C=O) groups excluding carboxylic acids is 3. The average molecular weight is 268 g/mol. The molecule has 0 N–H and O–H groups in total. The maximum Gasteiger partial charge on any atom is 0.490 e. The van der Waals surface area contributed by atoms with Gasteiger partial charge >= 0.3 is 24.1 Å². The largest absolute Gasteiger partial charge is 0.490 e. The van der Waals surface area contributed by atoms with Crippen LogP contribution in [0, 0.1) is 11.8 Å². The molecule has 0 spiro atoms. The summed E-state index contributed by atoms with van der Waals surface area (Å²) >= 11 is 0. The summed E-state index contributed by atoms with van der Waals surface area (Å²) in [6.45, 7) is 3.11. The van der Waals surface area contributed by atoms with Gasteiger partial charge in [-0.2, -0.15) is 13.2 Å². The molecule has 8 heteroatoms. The topological polar surface area (TPSA) is 69.7 Å². The van der Waals surface area contributed by atoms with Crippen molar-refractivity contribution in [3.05, 3.63) is 0 Å². The second-order valence-electron chi connectivity index (χ2n) is 3.97. The molecule has 1 saturated heterocycles. The van der Waals surface area contributed by atoms with Gasteiger partial charge in [-0.3, -0.25) is 9.59 Å². The van der Waals surface area contributed by atoms with Gasteiger partial charge in [0, 0.05) is 0 Å². The van der Waals surface area contributed by atoms with E-state index in [0.29, 0.717) is 6.42 Å². The molecule has 5 nitrogen and oxygen atoms in total. The number of cyclic esters (lactones) is 2. The van der Waals surface area contributed by atoms with Crippen LogP contribution in [0.2, 0.25) is 0 Å². The Hall–Kier alpha value is -1.60. The van der Waals surface area contributed by atoms with Crippen LogP contribution in [-0.2, 0) is 23.9 Å². The molecule has 1 aliphatic rings. The first-order valence-corrected chi connectivity index (χ1v) is 5.21. The van der Waals surface area contributed by atoms with Gasteiger partial charge in [-0.25, -0.2) is 4.79 Å². The van der Waals surface area contributed by atoms with E-state index in [1.54, 1.807) is 6.92 Å². The number of halogens is 3. The lowest BCUT2D eigenvalue weighted by Crippen LogP contribution is -2.52. The van der Waals surface area contributed by atoms with E-state index in [0.717, 1.165) is 0 Å². The second-order valence-corrected chi connectivity index (χ2v) is 3.97. The van der Waals surface area contributed by atoms with Crippen LogP contribution in [0.1, 0.15) is 20.3 Å². The smallest absolute Gasteiger partial charge is 0.454 e. The van der Waals surface area contributed by atoms with Crippen molar-refractivity contribution in [2.24, 2.45) is 11.8 Å². The summed E-state index contributed by atoms with van der Waals surface area (Å²) in [7, 11) is 0. The van der Waals surface area contributed by atoms with E-state index in [9.17, 15) is 27.6 Å². The van der Waals surface area contributed by atoms with E-state index in [1.165, 1.54) is 6.92 Å². The summed E-state index contributed by atoms with van der Waals surface area (Å²) in [5.74, 6) is -6.38. The Morgan fingerprint density at radius 2 is 1.89 bits per heavy atom. The summed E-state index contributed by atoms with van der Waals surface area (Å²) in [6, 6.07) is 0. The van der Waals surface area contributed by atoms with Crippen molar-refractivity contribution in [3.8, 4) is 0 Å². The van der Waals surface area contributed by atoms with Gasteiger partial charge in [-0.05, 0) is 12.3 Å². The summed E-state index contributed by atoms with van der Waals surface area (Å²) in [4.78, 5) is 32.8. The minimum Gasteiger partial charge on any atom is -0.454 e. The maximum atomic E-state index is 12.1. The van der Waals surface area contributed by atoms with Gasteiger partial charge in [-0.15, -0.1) is 0 Å². The van der Waals surface area contributed by atoms with Gasteiger partial charge in [0.25, 0.3) is 0 Å². The van der Waals surface area contributed by atoms with Crippen LogP contribution in [0.25, 0.3) is 0 Å². The molecule has 18 heavy (non-hydrogen) atoms. The molecule has 0 aliphatic carbocycles. The fourth-order valence-corrected chi connectivity index (χ4v) is 1.47. The third-order valence-electron chi connectivity index (χ3n) is 2.72. The Morgan fingerprint density at radius 3 is 2.22 bits per heavy atom. The third kappa shape index (κ3) is 2.80. The van der Waals surface area contributed by atoms with E-state index < -0.39 is 42.0 Å². The summed E-state index contributed by atoms with van der Waals surface area (Å²) in [5, 5.41) is 0. The first kappa shape index (κ1) is 14.5. The quantitative estimate of drug-likeness (QED) is 0.566. The third-order valence-corrected chi connectivity index (χ3v) is 2.72. The van der Waals surface area contributed by atoms with Crippen LogP contribution < -0.4 is 0 Å². The van der Waals surface area contributed by atoms with Gasteiger partial charge in [0.1, 0.15) is 6.10 Å². The number of hydrogen-bond donors (Lipinski definition) is 0. The van der Waals surface area contributed by atoms with Gasteiger partial charge in [-0.1, -0.05) is 13.8 Å². The van der Waals surface area contributed by atoms with Crippen LogP contribution in [-0.4, -0.2) is 30.2 Å². The predicted octanol–water partition coefficient (Wildman–Crippen LogP) is 1.21. The molecule has 0 unspecified atom stereocenters. The van der Waals surface area contributed by atoms with Gasteiger partial charge in [0.2, 0.25) is 0 Å². The fourth-order valence-electron chi connectivity index (χ4n) is 1.47. The SMILES string of the molecule is CC[C@H](C)[C@H](OC(=O)C(F)(F)F)C1C(=O)OC1=O. The first-order chi connectivity index (χ1) is 8.18. The Labute approximate surface area is 100 Å². The van der Waals surface area contributed by atoms with E-state index >= 15 is 0 Å². The molecule has 0 bridgehead atoms. The maximum absolute atomic E-state index is 12.1. The molecule has 102 valence electrons. The zero-order chi connectivity index (χ0) is 14.1. The molecule has 0 saturated carbocycles. The van der Waals surface area contributed by atoms with Crippen LogP contribution in [0.5, 0.6) is 0 Å². The molecule has 1 fully saturated rings. The van der Waals surface area contributed by atoms with Crippen molar-refractivity contribution in [1.29, 1.82) is 0 Å². The molecule has 0 aromatic carbocycles. The molecular formula is C10H11F3O5. The van der Waals surface area contributed by atoms with E-state index in [1.807, 2.05) is 0 Å². The molecule has 1 aliphatic heterocycles. The standard InChI is InChI=1S/C10H11F3O5/c1-3-4(2)6(5-7(14)18-8(5)15)17-9(16)10(11,12)13/h4-6H,3H2,1-2H3/t4-,6-/m0/s1.